The maximum Gasteiger partial charge on any atom is 0.150 e. The van der Waals surface area contributed by atoms with Crippen LogP contribution in [0.15, 0.2) is 6.33 Å². The Morgan fingerprint density at radius 3 is 2.80 bits per heavy atom. The van der Waals surface area contributed by atoms with Crippen LogP contribution in [0.3, 0.4) is 0 Å². The SMILES string of the molecule is CCCC(CC)Nc1ncnc(N)c1Cl. The van der Waals surface area contributed by atoms with Gasteiger partial charge in [-0.15, -0.1) is 0 Å². The second-order valence-electron chi connectivity index (χ2n) is 3.46. The summed E-state index contributed by atoms with van der Waals surface area (Å²) in [7, 11) is 0. The van der Waals surface area contributed by atoms with Gasteiger partial charge in [-0.1, -0.05) is 31.9 Å². The van der Waals surface area contributed by atoms with Crippen molar-refractivity contribution in [2.75, 3.05) is 11.1 Å². The Morgan fingerprint density at radius 2 is 2.20 bits per heavy atom. The van der Waals surface area contributed by atoms with Crippen LogP contribution in [0.5, 0.6) is 0 Å². The van der Waals surface area contributed by atoms with Gasteiger partial charge in [0.1, 0.15) is 17.2 Å². The average molecular weight is 229 g/mol. The summed E-state index contributed by atoms with van der Waals surface area (Å²) >= 11 is 5.98. The molecule has 0 aromatic carbocycles. The number of nitrogens with one attached hydrogen (secondary N) is 1. The van der Waals surface area contributed by atoms with Crippen LogP contribution in [0.25, 0.3) is 0 Å². The number of rotatable bonds is 5. The van der Waals surface area contributed by atoms with Crippen molar-refractivity contribution >= 4 is 23.2 Å². The molecule has 0 saturated carbocycles. The molecule has 1 aromatic heterocycles. The van der Waals surface area contributed by atoms with Crippen LogP contribution in [0, 0.1) is 0 Å². The molecule has 1 unspecified atom stereocenters. The number of halogens is 1. The second-order valence-corrected chi connectivity index (χ2v) is 3.84. The van der Waals surface area contributed by atoms with E-state index in [2.05, 4.69) is 29.1 Å². The molecule has 4 nitrogen and oxygen atoms in total. The third-order valence-electron chi connectivity index (χ3n) is 2.29. The molecule has 0 aliphatic heterocycles. The molecule has 1 heterocycles. The highest BCUT2D eigenvalue weighted by Crippen LogP contribution is 2.24. The molecular weight excluding hydrogens is 212 g/mol. The van der Waals surface area contributed by atoms with Gasteiger partial charge in [0.25, 0.3) is 0 Å². The summed E-state index contributed by atoms with van der Waals surface area (Å²) in [6.45, 7) is 4.28. The third kappa shape index (κ3) is 3.23. The number of hydrogen-bond donors (Lipinski definition) is 2. The van der Waals surface area contributed by atoms with Gasteiger partial charge in [0.15, 0.2) is 5.82 Å². The summed E-state index contributed by atoms with van der Waals surface area (Å²) in [5.41, 5.74) is 5.59. The Kier molecular flexibility index (Phi) is 4.62. The Hall–Kier alpha value is -1.03. The van der Waals surface area contributed by atoms with E-state index in [1.165, 1.54) is 6.33 Å². The zero-order valence-corrected chi connectivity index (χ0v) is 9.88. The first kappa shape index (κ1) is 12.0. The van der Waals surface area contributed by atoms with Gasteiger partial charge in [-0.05, 0) is 12.8 Å². The molecule has 5 heteroatoms. The summed E-state index contributed by atoms with van der Waals surface area (Å²) < 4.78 is 0. The Bertz CT molecular complexity index is 316. The Labute approximate surface area is 95.3 Å². The molecule has 0 radical (unpaired) electrons. The van der Waals surface area contributed by atoms with Gasteiger partial charge < -0.3 is 11.1 Å². The lowest BCUT2D eigenvalue weighted by atomic mass is 10.1. The zero-order chi connectivity index (χ0) is 11.3. The monoisotopic (exact) mass is 228 g/mol. The molecule has 1 atom stereocenters. The number of nitrogens with zero attached hydrogens (tertiary/aromatic N) is 2. The number of anilines is 2. The molecule has 0 aliphatic carbocycles. The Morgan fingerprint density at radius 1 is 1.47 bits per heavy atom. The van der Waals surface area contributed by atoms with Crippen molar-refractivity contribution in [3.05, 3.63) is 11.3 Å². The van der Waals surface area contributed by atoms with Crippen LogP contribution in [0.1, 0.15) is 33.1 Å². The molecule has 1 aromatic rings. The zero-order valence-electron chi connectivity index (χ0n) is 9.13. The first-order chi connectivity index (χ1) is 7.19. The van der Waals surface area contributed by atoms with Gasteiger partial charge in [-0.3, -0.25) is 0 Å². The fourth-order valence-electron chi connectivity index (χ4n) is 1.40. The summed E-state index contributed by atoms with van der Waals surface area (Å²) in [6, 6.07) is 0.391. The molecule has 84 valence electrons. The van der Waals surface area contributed by atoms with Crippen LogP contribution in [-0.2, 0) is 0 Å². The largest absolute Gasteiger partial charge is 0.382 e. The topological polar surface area (TPSA) is 63.8 Å². The van der Waals surface area contributed by atoms with Crippen molar-refractivity contribution in [1.29, 1.82) is 0 Å². The van der Waals surface area contributed by atoms with Gasteiger partial charge in [-0.2, -0.15) is 0 Å². The minimum atomic E-state index is 0.320. The van der Waals surface area contributed by atoms with E-state index < -0.39 is 0 Å². The lowest BCUT2D eigenvalue weighted by molar-refractivity contribution is 0.620. The van der Waals surface area contributed by atoms with Crippen molar-refractivity contribution in [1.82, 2.24) is 9.97 Å². The lowest BCUT2D eigenvalue weighted by Crippen LogP contribution is -2.19. The van der Waals surface area contributed by atoms with E-state index in [1.807, 2.05) is 0 Å². The molecule has 3 N–H and O–H groups in total. The van der Waals surface area contributed by atoms with Crippen LogP contribution >= 0.6 is 11.6 Å². The maximum atomic E-state index is 5.98. The number of nitrogens with two attached hydrogens (primary N) is 1. The average Bonchev–Trinajstić information content (AvgIpc) is 2.24. The Balaban J connectivity index is 2.74. The summed E-state index contributed by atoms with van der Waals surface area (Å²) in [4.78, 5) is 7.89. The van der Waals surface area contributed by atoms with Crippen molar-refractivity contribution in [3.8, 4) is 0 Å². The predicted molar refractivity (Wildman–Crippen MR) is 64.1 cm³/mol. The molecule has 15 heavy (non-hydrogen) atoms. The minimum absolute atomic E-state index is 0.320. The molecule has 0 bridgehead atoms. The van der Waals surface area contributed by atoms with Crippen LogP contribution in [0.2, 0.25) is 5.02 Å². The second kappa shape index (κ2) is 5.75. The normalized spacial score (nSPS) is 12.5. The molecule has 0 aliphatic rings. The summed E-state index contributed by atoms with van der Waals surface area (Å²) in [5, 5.41) is 3.68. The van der Waals surface area contributed by atoms with Gasteiger partial charge in [0, 0.05) is 6.04 Å². The highest BCUT2D eigenvalue weighted by molar-refractivity contribution is 6.35. The van der Waals surface area contributed by atoms with E-state index in [9.17, 15) is 0 Å². The standard InChI is InChI=1S/C10H17ClN4/c1-3-5-7(4-2)15-10-8(11)9(12)13-6-14-10/h6-7H,3-5H2,1-2H3,(H3,12,13,14,15). The van der Waals surface area contributed by atoms with E-state index in [1.54, 1.807) is 0 Å². The van der Waals surface area contributed by atoms with E-state index in [4.69, 9.17) is 17.3 Å². The number of hydrogen-bond acceptors (Lipinski definition) is 4. The number of nitrogen functional groups attached to an aromatic ring is 1. The van der Waals surface area contributed by atoms with Gasteiger partial charge in [0.05, 0.1) is 0 Å². The van der Waals surface area contributed by atoms with E-state index >= 15 is 0 Å². The van der Waals surface area contributed by atoms with Crippen molar-refractivity contribution < 1.29 is 0 Å². The lowest BCUT2D eigenvalue weighted by Gasteiger charge is -2.17. The van der Waals surface area contributed by atoms with Crippen LogP contribution < -0.4 is 11.1 Å². The van der Waals surface area contributed by atoms with Crippen molar-refractivity contribution in [2.45, 2.75) is 39.2 Å². The van der Waals surface area contributed by atoms with Gasteiger partial charge in [-0.25, -0.2) is 9.97 Å². The van der Waals surface area contributed by atoms with Crippen LogP contribution in [-0.4, -0.2) is 16.0 Å². The third-order valence-corrected chi connectivity index (χ3v) is 2.66. The fraction of sp³-hybridized carbons (Fsp3) is 0.600. The highest BCUT2D eigenvalue weighted by Gasteiger charge is 2.10. The van der Waals surface area contributed by atoms with E-state index in [0.717, 1.165) is 19.3 Å². The molecule has 0 amide bonds. The quantitative estimate of drug-likeness (QED) is 0.814. The fourth-order valence-corrected chi connectivity index (χ4v) is 1.56. The van der Waals surface area contributed by atoms with E-state index in [-0.39, 0.29) is 0 Å². The molecule has 0 spiro atoms. The molecule has 1 rings (SSSR count). The summed E-state index contributed by atoms with van der Waals surface area (Å²) in [5.74, 6) is 0.949. The number of aromatic nitrogens is 2. The first-order valence-corrected chi connectivity index (χ1v) is 5.59. The van der Waals surface area contributed by atoms with Crippen LogP contribution in [0.4, 0.5) is 11.6 Å². The minimum Gasteiger partial charge on any atom is -0.382 e. The summed E-state index contributed by atoms with van der Waals surface area (Å²) in [6.07, 6.45) is 4.68. The van der Waals surface area contributed by atoms with Crippen molar-refractivity contribution in [2.24, 2.45) is 0 Å². The van der Waals surface area contributed by atoms with Crippen molar-refractivity contribution in [3.63, 3.8) is 0 Å². The maximum absolute atomic E-state index is 5.98. The van der Waals surface area contributed by atoms with Gasteiger partial charge in [0.2, 0.25) is 0 Å². The predicted octanol–water partition coefficient (Wildman–Crippen LogP) is 2.70. The molecular formula is C10H17ClN4. The highest BCUT2D eigenvalue weighted by atomic mass is 35.5. The first-order valence-electron chi connectivity index (χ1n) is 5.21. The molecule has 0 fully saturated rings. The molecule has 0 saturated heterocycles. The van der Waals surface area contributed by atoms with Gasteiger partial charge >= 0.3 is 0 Å². The van der Waals surface area contributed by atoms with E-state index in [0.29, 0.717) is 22.7 Å². The smallest absolute Gasteiger partial charge is 0.150 e.